The molecule has 0 spiro atoms. The lowest BCUT2D eigenvalue weighted by Crippen LogP contribution is -2.44. The minimum atomic E-state index is -0.264. The van der Waals surface area contributed by atoms with E-state index in [-0.39, 0.29) is 11.6 Å². The number of piperidine rings is 1. The van der Waals surface area contributed by atoms with Gasteiger partial charge in [0.05, 0.1) is 0 Å². The molecule has 0 saturated carbocycles. The molecular weight excluding hydrogens is 338 g/mol. The number of carbonyl (C=O) groups is 1. The van der Waals surface area contributed by atoms with Crippen molar-refractivity contribution in [2.75, 3.05) is 6.54 Å². The third kappa shape index (κ3) is 5.06. The molecule has 0 unspecified atom stereocenters. The summed E-state index contributed by atoms with van der Waals surface area (Å²) in [6, 6.07) is 12.6. The molecule has 1 aliphatic heterocycles. The van der Waals surface area contributed by atoms with Gasteiger partial charge in [0.25, 0.3) is 0 Å². The molecule has 2 heterocycles. The van der Waals surface area contributed by atoms with Crippen LogP contribution in [0.1, 0.15) is 49.1 Å². The topological polar surface area (TPSA) is 55.2 Å². The van der Waals surface area contributed by atoms with Crippen LogP contribution in [0.5, 0.6) is 0 Å². The van der Waals surface area contributed by atoms with E-state index in [2.05, 4.69) is 34.1 Å². The largest absolute Gasteiger partial charge is 0.347 e. The lowest BCUT2D eigenvalue weighted by molar-refractivity contribution is -0.135. The Bertz CT molecular complexity index is 829. The molecule has 1 fully saturated rings. The Morgan fingerprint density at radius 3 is 2.70 bits per heavy atom. The van der Waals surface area contributed by atoms with Gasteiger partial charge in [0.15, 0.2) is 0 Å². The molecule has 1 amide bonds. The number of likely N-dealkylation sites (tertiary alicyclic amines) is 1. The standard InChI is InChI=1S/C22H29N3O2/c1-17-16-18(2)24(22(27)23-17)15-13-21(26)25-14-7-6-10-20(25)12-11-19-8-4-3-5-9-19/h3-5,8-9,16,20H,6-7,10-15H2,1-2H3/t20-/m0/s1. The van der Waals surface area contributed by atoms with Gasteiger partial charge < -0.3 is 4.90 Å². The van der Waals surface area contributed by atoms with Crippen molar-refractivity contribution in [3.8, 4) is 0 Å². The molecule has 0 N–H and O–H groups in total. The average molecular weight is 367 g/mol. The summed E-state index contributed by atoms with van der Waals surface area (Å²) in [4.78, 5) is 31.0. The quantitative estimate of drug-likeness (QED) is 0.787. The molecule has 1 aromatic heterocycles. The van der Waals surface area contributed by atoms with Crippen molar-refractivity contribution in [1.29, 1.82) is 0 Å². The molecule has 3 rings (SSSR count). The molecule has 1 atom stereocenters. The van der Waals surface area contributed by atoms with Crippen LogP contribution in [-0.4, -0.2) is 32.9 Å². The third-order valence-corrected chi connectivity index (χ3v) is 5.45. The second-order valence-corrected chi connectivity index (χ2v) is 7.48. The van der Waals surface area contributed by atoms with Crippen LogP contribution in [0.4, 0.5) is 0 Å². The highest BCUT2D eigenvalue weighted by atomic mass is 16.2. The van der Waals surface area contributed by atoms with E-state index in [9.17, 15) is 9.59 Å². The maximum atomic E-state index is 12.9. The first kappa shape index (κ1) is 19.3. The molecular formula is C22H29N3O2. The van der Waals surface area contributed by atoms with E-state index in [1.165, 1.54) is 12.0 Å². The van der Waals surface area contributed by atoms with Crippen LogP contribution in [0.15, 0.2) is 41.2 Å². The van der Waals surface area contributed by atoms with Gasteiger partial charge in [-0.1, -0.05) is 30.3 Å². The minimum Gasteiger partial charge on any atom is -0.340 e. The van der Waals surface area contributed by atoms with E-state index in [0.717, 1.165) is 43.6 Å². The number of carbonyl (C=O) groups excluding carboxylic acids is 1. The SMILES string of the molecule is Cc1cc(C)n(CCC(=O)N2CCCC[C@H]2CCc2ccccc2)c(=O)n1. The monoisotopic (exact) mass is 367 g/mol. The van der Waals surface area contributed by atoms with Crippen LogP contribution >= 0.6 is 0 Å². The highest BCUT2D eigenvalue weighted by molar-refractivity contribution is 5.76. The molecule has 1 aliphatic rings. The van der Waals surface area contributed by atoms with Gasteiger partial charge in [-0.05, 0) is 57.6 Å². The molecule has 1 saturated heterocycles. The minimum absolute atomic E-state index is 0.152. The second-order valence-electron chi connectivity index (χ2n) is 7.48. The van der Waals surface area contributed by atoms with Gasteiger partial charge in [0, 0.05) is 36.9 Å². The van der Waals surface area contributed by atoms with Crippen LogP contribution in [0.25, 0.3) is 0 Å². The van der Waals surface area contributed by atoms with Crippen LogP contribution in [0.3, 0.4) is 0 Å². The van der Waals surface area contributed by atoms with E-state index < -0.39 is 0 Å². The number of hydrogen-bond donors (Lipinski definition) is 0. The van der Waals surface area contributed by atoms with Crippen molar-refractivity contribution in [2.45, 2.75) is 65.0 Å². The number of nitrogens with zero attached hydrogens (tertiary/aromatic N) is 3. The van der Waals surface area contributed by atoms with Gasteiger partial charge in [-0.2, -0.15) is 4.98 Å². The summed E-state index contributed by atoms with van der Waals surface area (Å²) in [5.74, 6) is 0.152. The maximum Gasteiger partial charge on any atom is 0.347 e. The van der Waals surface area contributed by atoms with E-state index in [4.69, 9.17) is 0 Å². The Kier molecular flexibility index (Phi) is 6.43. The van der Waals surface area contributed by atoms with Crippen molar-refractivity contribution < 1.29 is 4.79 Å². The van der Waals surface area contributed by atoms with Crippen molar-refractivity contribution >= 4 is 5.91 Å². The fourth-order valence-corrected chi connectivity index (χ4v) is 4.00. The summed E-state index contributed by atoms with van der Waals surface area (Å²) in [6.07, 6.45) is 5.68. The van der Waals surface area contributed by atoms with E-state index in [1.807, 2.05) is 26.0 Å². The fourth-order valence-electron chi connectivity index (χ4n) is 4.00. The van der Waals surface area contributed by atoms with Crippen LogP contribution in [0.2, 0.25) is 0 Å². The maximum absolute atomic E-state index is 12.9. The molecule has 27 heavy (non-hydrogen) atoms. The summed E-state index contributed by atoms with van der Waals surface area (Å²) >= 11 is 0. The van der Waals surface area contributed by atoms with Crippen LogP contribution < -0.4 is 5.69 Å². The Morgan fingerprint density at radius 1 is 1.19 bits per heavy atom. The average Bonchev–Trinajstić information content (AvgIpc) is 2.66. The highest BCUT2D eigenvalue weighted by Crippen LogP contribution is 2.22. The number of hydrogen-bond acceptors (Lipinski definition) is 3. The molecule has 1 aromatic carbocycles. The first-order valence-corrected chi connectivity index (χ1v) is 9.93. The van der Waals surface area contributed by atoms with Gasteiger partial charge in [-0.3, -0.25) is 9.36 Å². The Labute approximate surface area is 161 Å². The summed E-state index contributed by atoms with van der Waals surface area (Å²) < 4.78 is 1.60. The smallest absolute Gasteiger partial charge is 0.340 e. The van der Waals surface area contributed by atoms with Crippen molar-refractivity contribution in [2.24, 2.45) is 0 Å². The number of aromatic nitrogens is 2. The Hall–Kier alpha value is -2.43. The summed E-state index contributed by atoms with van der Waals surface area (Å²) in [6.45, 7) is 4.94. The zero-order chi connectivity index (χ0) is 19.2. The van der Waals surface area contributed by atoms with E-state index in [0.29, 0.717) is 19.0 Å². The van der Waals surface area contributed by atoms with Crippen molar-refractivity contribution in [1.82, 2.24) is 14.5 Å². The number of aryl methyl sites for hydroxylation is 3. The zero-order valence-corrected chi connectivity index (χ0v) is 16.4. The normalized spacial score (nSPS) is 17.1. The number of benzene rings is 1. The highest BCUT2D eigenvalue weighted by Gasteiger charge is 2.26. The molecule has 5 heteroatoms. The van der Waals surface area contributed by atoms with E-state index >= 15 is 0 Å². The molecule has 144 valence electrons. The van der Waals surface area contributed by atoms with Gasteiger partial charge in [0.2, 0.25) is 5.91 Å². The first-order valence-electron chi connectivity index (χ1n) is 9.93. The van der Waals surface area contributed by atoms with Gasteiger partial charge >= 0.3 is 5.69 Å². The predicted octanol–water partition coefficient (Wildman–Crippen LogP) is 3.26. The summed E-state index contributed by atoms with van der Waals surface area (Å²) in [5.41, 5.74) is 2.64. The lowest BCUT2D eigenvalue weighted by atomic mass is 9.95. The Balaban J connectivity index is 1.61. The second kappa shape index (κ2) is 8.98. The van der Waals surface area contributed by atoms with Crippen molar-refractivity contribution in [3.05, 3.63) is 63.8 Å². The van der Waals surface area contributed by atoms with Crippen LogP contribution in [0, 0.1) is 13.8 Å². The third-order valence-electron chi connectivity index (χ3n) is 5.45. The predicted molar refractivity (Wildman–Crippen MR) is 107 cm³/mol. The molecule has 0 radical (unpaired) electrons. The van der Waals surface area contributed by atoms with Crippen LogP contribution in [-0.2, 0) is 17.8 Å². The molecule has 5 nitrogen and oxygen atoms in total. The fraction of sp³-hybridized carbons (Fsp3) is 0.500. The molecule has 2 aromatic rings. The first-order chi connectivity index (χ1) is 13.0. The molecule has 0 bridgehead atoms. The van der Waals surface area contributed by atoms with E-state index in [1.54, 1.807) is 4.57 Å². The van der Waals surface area contributed by atoms with Gasteiger partial charge in [0.1, 0.15) is 0 Å². The number of amides is 1. The number of rotatable bonds is 6. The van der Waals surface area contributed by atoms with Crippen molar-refractivity contribution in [3.63, 3.8) is 0 Å². The lowest BCUT2D eigenvalue weighted by Gasteiger charge is -2.36. The summed E-state index contributed by atoms with van der Waals surface area (Å²) in [7, 11) is 0. The molecule has 0 aliphatic carbocycles. The van der Waals surface area contributed by atoms with Gasteiger partial charge in [-0.15, -0.1) is 0 Å². The van der Waals surface area contributed by atoms with Gasteiger partial charge in [-0.25, -0.2) is 4.79 Å². The zero-order valence-electron chi connectivity index (χ0n) is 16.4. The Morgan fingerprint density at radius 2 is 1.96 bits per heavy atom. The summed E-state index contributed by atoms with van der Waals surface area (Å²) in [5, 5.41) is 0.